The van der Waals surface area contributed by atoms with E-state index < -0.39 is 10.0 Å². The Morgan fingerprint density at radius 1 is 1.07 bits per heavy atom. The molecule has 42 heavy (non-hydrogen) atoms. The number of benzene rings is 3. The maximum Gasteiger partial charge on any atom is 0.232 e. The molecular weight excluding hydrogens is 546 g/mol. The smallest absolute Gasteiger partial charge is 0.232 e. The number of fused-ring (bicyclic) bond motifs is 2. The molecule has 0 amide bonds. The number of nitrogens with two attached hydrogens (primary N) is 1. The SMILES string of the molecule is CC(C)c1nc2ccc(N(C3CCN(C4=NCCC4)CC3)S(C)(=O)=O)cc2n1Cc1ccc2ccc(C(=N)N)cc2c1. The Morgan fingerprint density at radius 3 is 2.50 bits per heavy atom. The lowest BCUT2D eigenvalue weighted by Crippen LogP contribution is -2.48. The highest BCUT2D eigenvalue weighted by molar-refractivity contribution is 7.92. The second-order valence-electron chi connectivity index (χ2n) is 11.9. The molecule has 0 radical (unpaired) electrons. The molecule has 0 bridgehead atoms. The number of rotatable bonds is 7. The van der Waals surface area contributed by atoms with Crippen LogP contribution in [0.15, 0.2) is 59.6 Å². The normalized spacial score (nSPS) is 16.5. The second-order valence-corrected chi connectivity index (χ2v) is 13.7. The fraction of sp³-hybridized carbons (Fsp3) is 0.406. The summed E-state index contributed by atoms with van der Waals surface area (Å²) < 4.78 is 30.3. The van der Waals surface area contributed by atoms with E-state index >= 15 is 0 Å². The predicted octanol–water partition coefficient (Wildman–Crippen LogP) is 5.07. The lowest BCUT2D eigenvalue weighted by molar-refractivity contribution is 0.311. The zero-order valence-corrected chi connectivity index (χ0v) is 25.4. The quantitative estimate of drug-likeness (QED) is 0.232. The Morgan fingerprint density at radius 2 is 1.83 bits per heavy atom. The van der Waals surface area contributed by atoms with E-state index in [0.717, 1.165) is 78.5 Å². The monoisotopic (exact) mass is 585 g/mol. The zero-order chi connectivity index (χ0) is 29.6. The number of hydrogen-bond acceptors (Lipinski definition) is 6. The molecule has 2 aliphatic heterocycles. The van der Waals surface area contributed by atoms with Crippen LogP contribution in [0.4, 0.5) is 5.69 Å². The Labute approximate surface area is 247 Å². The molecule has 10 heteroatoms. The maximum absolute atomic E-state index is 13.2. The van der Waals surface area contributed by atoms with Crippen LogP contribution >= 0.6 is 0 Å². The second kappa shape index (κ2) is 11.1. The molecule has 3 N–H and O–H groups in total. The van der Waals surface area contributed by atoms with Gasteiger partial charge >= 0.3 is 0 Å². The number of nitrogens with one attached hydrogen (secondary N) is 1. The highest BCUT2D eigenvalue weighted by Gasteiger charge is 2.32. The first-order valence-corrected chi connectivity index (χ1v) is 16.6. The summed E-state index contributed by atoms with van der Waals surface area (Å²) in [6.07, 6.45) is 4.97. The van der Waals surface area contributed by atoms with Crippen molar-refractivity contribution < 1.29 is 8.42 Å². The Hall–Kier alpha value is -3.92. The summed E-state index contributed by atoms with van der Waals surface area (Å²) in [6.45, 7) is 7.39. The van der Waals surface area contributed by atoms with E-state index in [-0.39, 0.29) is 17.8 Å². The number of likely N-dealkylation sites (tertiary alicyclic amines) is 1. The van der Waals surface area contributed by atoms with Crippen molar-refractivity contribution in [3.8, 4) is 0 Å². The molecule has 6 rings (SSSR count). The first-order chi connectivity index (χ1) is 20.1. The minimum Gasteiger partial charge on any atom is -0.384 e. The van der Waals surface area contributed by atoms with Gasteiger partial charge in [-0.2, -0.15) is 0 Å². The molecule has 0 saturated carbocycles. The van der Waals surface area contributed by atoms with E-state index in [1.165, 1.54) is 12.1 Å². The summed E-state index contributed by atoms with van der Waals surface area (Å²) in [5.74, 6) is 2.36. The number of imidazole rings is 1. The minimum absolute atomic E-state index is 0.0472. The van der Waals surface area contributed by atoms with Gasteiger partial charge in [-0.1, -0.05) is 38.1 Å². The van der Waals surface area contributed by atoms with Gasteiger partial charge in [0.1, 0.15) is 11.7 Å². The molecule has 2 aliphatic rings. The van der Waals surface area contributed by atoms with Crippen LogP contribution in [-0.4, -0.2) is 66.5 Å². The first-order valence-electron chi connectivity index (χ1n) is 14.7. The number of anilines is 1. The fourth-order valence-corrected chi connectivity index (χ4v) is 7.68. The standard InChI is InChI=1S/C32H39N7O2S/c1-21(2)32-36-28-11-10-27(39(42(3,40)41)26-12-15-37(16-13-26)30-5-4-14-35-30)19-29(28)38(32)20-22-6-7-23-8-9-24(31(33)34)18-25(23)17-22/h6-11,17-19,21,26H,4-5,12-16,20H2,1-3H3,(H3,33,34). The summed E-state index contributed by atoms with van der Waals surface area (Å²) >= 11 is 0. The molecule has 4 aromatic rings. The van der Waals surface area contributed by atoms with Crippen molar-refractivity contribution in [1.29, 1.82) is 5.41 Å². The van der Waals surface area contributed by atoms with Gasteiger partial charge in [-0.15, -0.1) is 0 Å². The summed E-state index contributed by atoms with van der Waals surface area (Å²) in [6, 6.07) is 17.9. The van der Waals surface area contributed by atoms with E-state index in [9.17, 15) is 8.42 Å². The van der Waals surface area contributed by atoms with E-state index in [2.05, 4.69) is 46.5 Å². The number of aromatic nitrogens is 2. The van der Waals surface area contributed by atoms with E-state index in [4.69, 9.17) is 16.1 Å². The van der Waals surface area contributed by atoms with Crippen LogP contribution in [0.25, 0.3) is 21.8 Å². The third-order valence-corrected chi connectivity index (χ3v) is 9.68. The van der Waals surface area contributed by atoms with Gasteiger partial charge in [0.25, 0.3) is 0 Å². The number of sulfonamides is 1. The molecule has 0 unspecified atom stereocenters. The van der Waals surface area contributed by atoms with Crippen molar-refractivity contribution in [3.05, 3.63) is 71.5 Å². The molecule has 1 aromatic heterocycles. The lowest BCUT2D eigenvalue weighted by atomic mass is 10.0. The predicted molar refractivity (Wildman–Crippen MR) is 171 cm³/mol. The molecule has 0 spiro atoms. The topological polar surface area (TPSA) is 121 Å². The van der Waals surface area contributed by atoms with Crippen LogP contribution in [0, 0.1) is 5.41 Å². The molecule has 3 heterocycles. The Kier molecular flexibility index (Phi) is 7.43. The molecular formula is C32H39N7O2S. The summed E-state index contributed by atoms with van der Waals surface area (Å²) in [4.78, 5) is 11.9. The van der Waals surface area contributed by atoms with Gasteiger partial charge in [-0.25, -0.2) is 13.4 Å². The van der Waals surface area contributed by atoms with Gasteiger partial charge in [0.05, 0.1) is 28.8 Å². The number of hydrogen-bond donors (Lipinski definition) is 2. The molecule has 220 valence electrons. The average Bonchev–Trinajstić information content (AvgIpc) is 3.61. The third kappa shape index (κ3) is 5.47. The van der Waals surface area contributed by atoms with Gasteiger partial charge < -0.3 is 15.2 Å². The van der Waals surface area contributed by atoms with Gasteiger partial charge in [0.15, 0.2) is 0 Å². The molecule has 9 nitrogen and oxygen atoms in total. The van der Waals surface area contributed by atoms with Crippen molar-refractivity contribution in [1.82, 2.24) is 14.5 Å². The first kappa shape index (κ1) is 28.2. The van der Waals surface area contributed by atoms with E-state index in [0.29, 0.717) is 17.8 Å². The largest absolute Gasteiger partial charge is 0.384 e. The zero-order valence-electron chi connectivity index (χ0n) is 24.5. The summed E-state index contributed by atoms with van der Waals surface area (Å²) in [7, 11) is -3.51. The van der Waals surface area contributed by atoms with E-state index in [1.54, 1.807) is 4.31 Å². The summed E-state index contributed by atoms with van der Waals surface area (Å²) in [5.41, 5.74) is 9.99. The molecule has 1 fully saturated rings. The lowest BCUT2D eigenvalue weighted by Gasteiger charge is -2.39. The van der Waals surface area contributed by atoms with E-state index in [1.807, 2.05) is 36.4 Å². The average molecular weight is 586 g/mol. The highest BCUT2D eigenvalue weighted by atomic mass is 32.2. The third-order valence-electron chi connectivity index (χ3n) is 8.46. The number of nitrogens with zero attached hydrogens (tertiary/aromatic N) is 5. The van der Waals surface area contributed by atoms with Crippen LogP contribution in [0.5, 0.6) is 0 Å². The maximum atomic E-state index is 13.2. The highest BCUT2D eigenvalue weighted by Crippen LogP contribution is 2.32. The molecule has 1 saturated heterocycles. The van der Waals surface area contributed by atoms with Crippen LogP contribution in [0.3, 0.4) is 0 Å². The van der Waals surface area contributed by atoms with Gasteiger partial charge in [0.2, 0.25) is 10.0 Å². The fourth-order valence-electron chi connectivity index (χ4n) is 6.43. The molecule has 3 aromatic carbocycles. The van der Waals surface area contributed by atoms with Crippen molar-refractivity contribution in [2.75, 3.05) is 30.2 Å². The molecule has 0 atom stereocenters. The van der Waals surface area contributed by atoms with Crippen molar-refractivity contribution in [3.63, 3.8) is 0 Å². The minimum atomic E-state index is -3.51. The Balaban J connectivity index is 1.36. The Bertz CT molecular complexity index is 1800. The number of piperidine rings is 1. The number of nitrogen functional groups attached to an aromatic ring is 1. The molecule has 0 aliphatic carbocycles. The summed E-state index contributed by atoms with van der Waals surface area (Å²) in [5, 5.41) is 9.93. The van der Waals surface area contributed by atoms with Crippen LogP contribution in [0.2, 0.25) is 0 Å². The van der Waals surface area contributed by atoms with Crippen LogP contribution < -0.4 is 10.0 Å². The van der Waals surface area contributed by atoms with Crippen LogP contribution in [-0.2, 0) is 16.6 Å². The van der Waals surface area contributed by atoms with Crippen molar-refractivity contribution in [2.24, 2.45) is 10.7 Å². The van der Waals surface area contributed by atoms with Crippen molar-refractivity contribution >= 4 is 49.2 Å². The van der Waals surface area contributed by atoms with Crippen molar-refractivity contribution in [2.45, 2.75) is 58.0 Å². The van der Waals surface area contributed by atoms with Gasteiger partial charge in [-0.3, -0.25) is 14.7 Å². The van der Waals surface area contributed by atoms with Crippen LogP contribution in [0.1, 0.15) is 62.4 Å². The number of amidine groups is 2. The van der Waals surface area contributed by atoms with Gasteiger partial charge in [0, 0.05) is 50.1 Å². The van der Waals surface area contributed by atoms with Gasteiger partial charge in [-0.05, 0) is 65.9 Å². The number of aliphatic imine (C=N–C) groups is 1.